The van der Waals surface area contributed by atoms with Crippen LogP contribution < -0.4 is 5.32 Å². The second-order valence-corrected chi connectivity index (χ2v) is 6.62. The molecule has 0 saturated heterocycles. The smallest absolute Gasteiger partial charge is 0.0745 e. The van der Waals surface area contributed by atoms with E-state index in [1.165, 1.54) is 11.1 Å². The summed E-state index contributed by atoms with van der Waals surface area (Å²) in [5.74, 6) is 0. The normalized spacial score (nSPS) is 13.0. The summed E-state index contributed by atoms with van der Waals surface area (Å²) in [6.45, 7) is 8.75. The molecule has 0 bridgehead atoms. The molecule has 0 fully saturated rings. The van der Waals surface area contributed by atoms with Gasteiger partial charge in [0.15, 0.2) is 0 Å². The van der Waals surface area contributed by atoms with Gasteiger partial charge >= 0.3 is 0 Å². The van der Waals surface area contributed by atoms with E-state index in [0.717, 1.165) is 11.3 Å². The van der Waals surface area contributed by atoms with Crippen LogP contribution in [0, 0.1) is 6.92 Å². The van der Waals surface area contributed by atoms with Crippen molar-refractivity contribution < 1.29 is 5.11 Å². The van der Waals surface area contributed by atoms with Gasteiger partial charge in [-0.3, -0.25) is 0 Å². The van der Waals surface area contributed by atoms with Gasteiger partial charge in [-0.15, -0.1) is 0 Å². The van der Waals surface area contributed by atoms with Gasteiger partial charge in [-0.1, -0.05) is 57.2 Å². The van der Waals surface area contributed by atoms with Crippen molar-refractivity contribution in [3.63, 3.8) is 0 Å². The molecule has 0 aliphatic heterocycles. The lowest BCUT2D eigenvalue weighted by Gasteiger charge is -2.22. The number of aryl methyl sites for hydroxylation is 1. The Morgan fingerprint density at radius 3 is 2.24 bits per heavy atom. The summed E-state index contributed by atoms with van der Waals surface area (Å²) in [5.41, 5.74) is 4.80. The minimum atomic E-state index is -0.0826. The Bertz CT molecular complexity index is 581. The third kappa shape index (κ3) is 4.08. The fourth-order valence-electron chi connectivity index (χ4n) is 2.39. The molecule has 2 heteroatoms. The molecule has 0 saturated carbocycles. The molecule has 1 unspecified atom stereocenters. The SMILES string of the molecule is Cc1cccc(NC(CO)c2ccc(C(C)(C)C)cc2)c1. The lowest BCUT2D eigenvalue weighted by atomic mass is 9.86. The topological polar surface area (TPSA) is 32.3 Å². The summed E-state index contributed by atoms with van der Waals surface area (Å²) >= 11 is 0. The lowest BCUT2D eigenvalue weighted by molar-refractivity contribution is 0.276. The summed E-state index contributed by atoms with van der Waals surface area (Å²) in [6, 6.07) is 16.6. The molecule has 112 valence electrons. The van der Waals surface area contributed by atoms with Crippen LogP contribution in [0.15, 0.2) is 48.5 Å². The van der Waals surface area contributed by atoms with E-state index in [2.05, 4.69) is 69.4 Å². The molecule has 0 amide bonds. The molecule has 0 radical (unpaired) electrons. The Balaban J connectivity index is 2.18. The zero-order valence-corrected chi connectivity index (χ0v) is 13.4. The highest BCUT2D eigenvalue weighted by Crippen LogP contribution is 2.25. The molecule has 0 heterocycles. The summed E-state index contributed by atoms with van der Waals surface area (Å²) in [4.78, 5) is 0. The largest absolute Gasteiger partial charge is 0.394 e. The molecule has 1 atom stereocenters. The standard InChI is InChI=1S/C19H25NO/c1-14-6-5-7-17(12-14)20-18(13-21)15-8-10-16(11-9-15)19(2,3)4/h5-12,18,20-21H,13H2,1-4H3. The van der Waals surface area contributed by atoms with Crippen molar-refractivity contribution in [3.8, 4) is 0 Å². The van der Waals surface area contributed by atoms with Crippen molar-refractivity contribution in [2.45, 2.75) is 39.2 Å². The average Bonchev–Trinajstić information content (AvgIpc) is 2.44. The first-order valence-corrected chi connectivity index (χ1v) is 7.44. The van der Waals surface area contributed by atoms with Crippen LogP contribution in [-0.4, -0.2) is 11.7 Å². The zero-order chi connectivity index (χ0) is 15.5. The third-order valence-corrected chi connectivity index (χ3v) is 3.72. The Kier molecular flexibility index (Phi) is 4.69. The van der Waals surface area contributed by atoms with E-state index in [4.69, 9.17) is 0 Å². The monoisotopic (exact) mass is 283 g/mol. The van der Waals surface area contributed by atoms with Crippen LogP contribution in [0.1, 0.15) is 43.5 Å². The molecule has 2 rings (SSSR count). The van der Waals surface area contributed by atoms with E-state index in [-0.39, 0.29) is 18.1 Å². The number of hydrogen-bond acceptors (Lipinski definition) is 2. The predicted octanol–water partition coefficient (Wildman–Crippen LogP) is 4.44. The van der Waals surface area contributed by atoms with Gasteiger partial charge in [-0.25, -0.2) is 0 Å². The maximum absolute atomic E-state index is 9.68. The highest BCUT2D eigenvalue weighted by atomic mass is 16.3. The van der Waals surface area contributed by atoms with Gasteiger partial charge in [0.1, 0.15) is 0 Å². The van der Waals surface area contributed by atoms with E-state index in [1.807, 2.05) is 12.1 Å². The van der Waals surface area contributed by atoms with Gasteiger partial charge in [0.25, 0.3) is 0 Å². The van der Waals surface area contributed by atoms with Gasteiger partial charge in [-0.05, 0) is 41.2 Å². The summed E-state index contributed by atoms with van der Waals surface area (Å²) in [6.07, 6.45) is 0. The van der Waals surface area contributed by atoms with E-state index < -0.39 is 0 Å². The maximum Gasteiger partial charge on any atom is 0.0745 e. The zero-order valence-electron chi connectivity index (χ0n) is 13.4. The number of anilines is 1. The summed E-state index contributed by atoms with van der Waals surface area (Å²) in [5, 5.41) is 13.1. The molecule has 0 aromatic heterocycles. The number of nitrogens with one attached hydrogen (secondary N) is 1. The van der Waals surface area contributed by atoms with E-state index in [1.54, 1.807) is 0 Å². The summed E-state index contributed by atoms with van der Waals surface area (Å²) < 4.78 is 0. The number of aliphatic hydroxyl groups excluding tert-OH is 1. The Morgan fingerprint density at radius 1 is 1.05 bits per heavy atom. The molecule has 2 aromatic rings. The molecule has 21 heavy (non-hydrogen) atoms. The minimum Gasteiger partial charge on any atom is -0.394 e. The molecule has 2 N–H and O–H groups in total. The lowest BCUT2D eigenvalue weighted by Crippen LogP contribution is -2.16. The molecular formula is C19H25NO. The van der Waals surface area contributed by atoms with Crippen molar-refractivity contribution in [2.24, 2.45) is 0 Å². The van der Waals surface area contributed by atoms with Crippen LogP contribution in [0.4, 0.5) is 5.69 Å². The van der Waals surface area contributed by atoms with Crippen LogP contribution in [0.25, 0.3) is 0 Å². The fourth-order valence-corrected chi connectivity index (χ4v) is 2.39. The van der Waals surface area contributed by atoms with Crippen LogP contribution >= 0.6 is 0 Å². The number of hydrogen-bond donors (Lipinski definition) is 2. The van der Waals surface area contributed by atoms with Crippen molar-refractivity contribution in [3.05, 3.63) is 65.2 Å². The first-order chi connectivity index (χ1) is 9.90. The third-order valence-electron chi connectivity index (χ3n) is 3.72. The molecular weight excluding hydrogens is 258 g/mol. The Labute approximate surface area is 127 Å². The summed E-state index contributed by atoms with van der Waals surface area (Å²) in [7, 11) is 0. The van der Waals surface area contributed by atoms with Gasteiger partial charge in [-0.2, -0.15) is 0 Å². The molecule has 0 spiro atoms. The molecule has 0 aliphatic carbocycles. The fraction of sp³-hybridized carbons (Fsp3) is 0.368. The van der Waals surface area contributed by atoms with Crippen molar-refractivity contribution in [1.29, 1.82) is 0 Å². The van der Waals surface area contributed by atoms with Crippen molar-refractivity contribution >= 4 is 5.69 Å². The maximum atomic E-state index is 9.68. The number of aliphatic hydroxyl groups is 1. The van der Waals surface area contributed by atoms with Gasteiger partial charge < -0.3 is 10.4 Å². The van der Waals surface area contributed by atoms with Crippen LogP contribution in [0.3, 0.4) is 0 Å². The average molecular weight is 283 g/mol. The van der Waals surface area contributed by atoms with Gasteiger partial charge in [0, 0.05) is 5.69 Å². The first kappa shape index (κ1) is 15.6. The van der Waals surface area contributed by atoms with Gasteiger partial charge in [0.05, 0.1) is 12.6 Å². The van der Waals surface area contributed by atoms with Crippen LogP contribution in [0.5, 0.6) is 0 Å². The van der Waals surface area contributed by atoms with E-state index in [9.17, 15) is 5.11 Å². The number of rotatable bonds is 4. The minimum absolute atomic E-state index is 0.0722. The highest BCUT2D eigenvalue weighted by Gasteiger charge is 2.15. The van der Waals surface area contributed by atoms with Gasteiger partial charge in [0.2, 0.25) is 0 Å². The molecule has 0 aliphatic rings. The highest BCUT2D eigenvalue weighted by molar-refractivity contribution is 5.48. The second kappa shape index (κ2) is 6.31. The van der Waals surface area contributed by atoms with Crippen molar-refractivity contribution in [2.75, 3.05) is 11.9 Å². The molecule has 2 nitrogen and oxygen atoms in total. The Morgan fingerprint density at radius 2 is 1.71 bits per heavy atom. The van der Waals surface area contributed by atoms with E-state index >= 15 is 0 Å². The quantitative estimate of drug-likeness (QED) is 0.869. The van der Waals surface area contributed by atoms with E-state index in [0.29, 0.717) is 0 Å². The predicted molar refractivity (Wildman–Crippen MR) is 89.8 cm³/mol. The Hall–Kier alpha value is -1.80. The second-order valence-electron chi connectivity index (χ2n) is 6.62. The first-order valence-electron chi connectivity index (χ1n) is 7.44. The molecule has 2 aromatic carbocycles. The van der Waals surface area contributed by atoms with Crippen molar-refractivity contribution in [1.82, 2.24) is 0 Å². The van der Waals surface area contributed by atoms with Crippen LogP contribution in [0.2, 0.25) is 0 Å². The number of benzene rings is 2. The van der Waals surface area contributed by atoms with Crippen LogP contribution in [-0.2, 0) is 5.41 Å².